The molecule has 24 heavy (non-hydrogen) atoms. The van der Waals surface area contributed by atoms with Gasteiger partial charge in [-0.15, -0.1) is 0 Å². The van der Waals surface area contributed by atoms with Gasteiger partial charge >= 0.3 is 0 Å². The zero-order valence-corrected chi connectivity index (χ0v) is 14.9. The zero-order chi connectivity index (χ0) is 17.9. The number of hydrogen-bond acceptors (Lipinski definition) is 4. The summed E-state index contributed by atoms with van der Waals surface area (Å²) in [5, 5.41) is 7.66. The quantitative estimate of drug-likeness (QED) is 0.779. The Morgan fingerprint density at radius 1 is 1.29 bits per heavy atom. The van der Waals surface area contributed by atoms with E-state index >= 15 is 0 Å². The molecule has 0 saturated heterocycles. The molecule has 0 bridgehead atoms. The van der Waals surface area contributed by atoms with Crippen LogP contribution in [0.1, 0.15) is 15.9 Å². The lowest BCUT2D eigenvalue weighted by Gasteiger charge is -2.11. The van der Waals surface area contributed by atoms with E-state index in [4.69, 9.17) is 9.88 Å². The SMILES string of the molecule is COc1ccc(S(N)(=O)=O)cc1C(=O)NCc1cc(F)ccc1Br. The summed E-state index contributed by atoms with van der Waals surface area (Å²) in [4.78, 5) is 12.1. The molecule has 0 aliphatic rings. The topological polar surface area (TPSA) is 98.5 Å². The molecule has 6 nitrogen and oxygen atoms in total. The largest absolute Gasteiger partial charge is 0.496 e. The number of sulfonamides is 1. The summed E-state index contributed by atoms with van der Waals surface area (Å²) in [5.41, 5.74) is 0.543. The molecule has 0 saturated carbocycles. The first-order valence-corrected chi connectivity index (χ1v) is 8.99. The number of halogens is 2. The van der Waals surface area contributed by atoms with Gasteiger partial charge in [-0.05, 0) is 42.0 Å². The van der Waals surface area contributed by atoms with Gasteiger partial charge in [-0.2, -0.15) is 0 Å². The van der Waals surface area contributed by atoms with Gasteiger partial charge in [0.2, 0.25) is 10.0 Å². The van der Waals surface area contributed by atoms with Crippen LogP contribution < -0.4 is 15.2 Å². The van der Waals surface area contributed by atoms with Crippen molar-refractivity contribution in [3.63, 3.8) is 0 Å². The van der Waals surface area contributed by atoms with E-state index in [9.17, 15) is 17.6 Å². The second kappa shape index (κ2) is 7.29. The maximum absolute atomic E-state index is 13.3. The molecule has 3 N–H and O–H groups in total. The number of primary sulfonamides is 1. The Morgan fingerprint density at radius 3 is 2.62 bits per heavy atom. The summed E-state index contributed by atoms with van der Waals surface area (Å²) in [6, 6.07) is 7.81. The van der Waals surface area contributed by atoms with E-state index in [2.05, 4.69) is 21.2 Å². The molecule has 0 fully saturated rings. The molecule has 9 heteroatoms. The van der Waals surface area contributed by atoms with Crippen molar-refractivity contribution in [2.45, 2.75) is 11.4 Å². The molecule has 0 aliphatic heterocycles. The normalized spacial score (nSPS) is 11.2. The second-order valence-corrected chi connectivity index (χ2v) is 7.24. The molecule has 0 unspecified atom stereocenters. The van der Waals surface area contributed by atoms with Gasteiger partial charge in [0, 0.05) is 11.0 Å². The fourth-order valence-corrected chi connectivity index (χ4v) is 2.92. The van der Waals surface area contributed by atoms with Gasteiger partial charge in [0.25, 0.3) is 5.91 Å². The Morgan fingerprint density at radius 2 is 2.00 bits per heavy atom. The van der Waals surface area contributed by atoms with Crippen molar-refractivity contribution in [1.82, 2.24) is 5.32 Å². The Labute approximate surface area is 147 Å². The molecule has 2 rings (SSSR count). The van der Waals surface area contributed by atoms with Crippen LogP contribution in [0.25, 0.3) is 0 Å². The van der Waals surface area contributed by atoms with Gasteiger partial charge in [0.05, 0.1) is 17.6 Å². The van der Waals surface area contributed by atoms with Crippen LogP contribution in [0, 0.1) is 5.82 Å². The molecule has 0 aliphatic carbocycles. The van der Waals surface area contributed by atoms with E-state index in [0.29, 0.717) is 10.0 Å². The van der Waals surface area contributed by atoms with Crippen LogP contribution in [0.15, 0.2) is 45.8 Å². The number of nitrogens with two attached hydrogens (primary N) is 1. The molecule has 0 radical (unpaired) electrons. The van der Waals surface area contributed by atoms with Gasteiger partial charge in [-0.3, -0.25) is 4.79 Å². The molecule has 2 aromatic rings. The minimum absolute atomic E-state index is 0.0107. The molecule has 128 valence electrons. The molecule has 0 atom stereocenters. The third-order valence-corrected chi connectivity index (χ3v) is 4.88. The fourth-order valence-electron chi connectivity index (χ4n) is 1.99. The summed E-state index contributed by atoms with van der Waals surface area (Å²) in [6.45, 7) is 0.0416. The molecular formula is C15H14BrFN2O4S. The monoisotopic (exact) mass is 416 g/mol. The lowest BCUT2D eigenvalue weighted by Crippen LogP contribution is -2.24. The van der Waals surface area contributed by atoms with Crippen molar-refractivity contribution in [3.8, 4) is 5.75 Å². The maximum atomic E-state index is 13.3. The summed E-state index contributed by atoms with van der Waals surface area (Å²) < 4.78 is 41.8. The van der Waals surface area contributed by atoms with Crippen LogP contribution in [0.4, 0.5) is 4.39 Å². The van der Waals surface area contributed by atoms with Crippen LogP contribution in [0.3, 0.4) is 0 Å². The number of carbonyl (C=O) groups excluding carboxylic acids is 1. The fraction of sp³-hybridized carbons (Fsp3) is 0.133. The first-order valence-electron chi connectivity index (χ1n) is 6.65. The standard InChI is InChI=1S/C15H14BrFN2O4S/c1-23-14-5-3-11(24(18,21)22)7-12(14)15(20)19-8-9-6-10(17)2-4-13(9)16/h2-7H,8H2,1H3,(H,19,20)(H2,18,21,22). The highest BCUT2D eigenvalue weighted by Crippen LogP contribution is 2.22. The molecular weight excluding hydrogens is 403 g/mol. The minimum Gasteiger partial charge on any atom is -0.496 e. The van der Waals surface area contributed by atoms with Gasteiger partial charge in [-0.1, -0.05) is 15.9 Å². The Balaban J connectivity index is 2.27. The highest BCUT2D eigenvalue weighted by molar-refractivity contribution is 9.10. The summed E-state index contributed by atoms with van der Waals surface area (Å²) in [5.74, 6) is -0.817. The first-order chi connectivity index (χ1) is 11.2. The van der Waals surface area contributed by atoms with Crippen molar-refractivity contribution < 1.29 is 22.3 Å². The van der Waals surface area contributed by atoms with Crippen LogP contribution in [-0.4, -0.2) is 21.4 Å². The Hall–Kier alpha value is -1.97. The number of hydrogen-bond donors (Lipinski definition) is 2. The lowest BCUT2D eigenvalue weighted by atomic mass is 10.1. The zero-order valence-electron chi connectivity index (χ0n) is 12.5. The highest BCUT2D eigenvalue weighted by atomic mass is 79.9. The number of ether oxygens (including phenoxy) is 1. The summed E-state index contributed by atoms with van der Waals surface area (Å²) >= 11 is 3.26. The van der Waals surface area contributed by atoms with E-state index in [1.807, 2.05) is 0 Å². The number of rotatable bonds is 5. The Kier molecular flexibility index (Phi) is 5.58. The number of benzene rings is 2. The number of amides is 1. The van der Waals surface area contributed by atoms with Crippen LogP contribution in [-0.2, 0) is 16.6 Å². The second-order valence-electron chi connectivity index (χ2n) is 4.83. The van der Waals surface area contributed by atoms with E-state index in [1.165, 1.54) is 37.4 Å². The van der Waals surface area contributed by atoms with Crippen molar-refractivity contribution in [3.05, 3.63) is 57.8 Å². The van der Waals surface area contributed by atoms with Crippen molar-refractivity contribution >= 4 is 31.9 Å². The van der Waals surface area contributed by atoms with E-state index in [0.717, 1.165) is 6.07 Å². The van der Waals surface area contributed by atoms with Crippen molar-refractivity contribution in [1.29, 1.82) is 0 Å². The molecule has 1 amide bonds. The van der Waals surface area contributed by atoms with Gasteiger partial charge < -0.3 is 10.1 Å². The van der Waals surface area contributed by atoms with Crippen LogP contribution in [0.5, 0.6) is 5.75 Å². The number of carbonyl (C=O) groups is 1. The average molecular weight is 417 g/mol. The van der Waals surface area contributed by atoms with Crippen molar-refractivity contribution in [2.75, 3.05) is 7.11 Å². The highest BCUT2D eigenvalue weighted by Gasteiger charge is 2.17. The smallest absolute Gasteiger partial charge is 0.255 e. The van der Waals surface area contributed by atoms with E-state index in [1.54, 1.807) is 0 Å². The molecule has 0 heterocycles. The van der Waals surface area contributed by atoms with Gasteiger partial charge in [0.15, 0.2) is 0 Å². The average Bonchev–Trinajstić information content (AvgIpc) is 2.53. The molecule has 2 aromatic carbocycles. The first kappa shape index (κ1) is 18.4. The lowest BCUT2D eigenvalue weighted by molar-refractivity contribution is 0.0947. The van der Waals surface area contributed by atoms with Gasteiger partial charge in [0.1, 0.15) is 11.6 Å². The maximum Gasteiger partial charge on any atom is 0.255 e. The Bertz CT molecular complexity index is 887. The van der Waals surface area contributed by atoms with E-state index < -0.39 is 21.7 Å². The minimum atomic E-state index is -3.96. The van der Waals surface area contributed by atoms with Gasteiger partial charge in [-0.25, -0.2) is 17.9 Å². The predicted molar refractivity (Wildman–Crippen MR) is 89.6 cm³/mol. The third-order valence-electron chi connectivity index (χ3n) is 3.19. The summed E-state index contributed by atoms with van der Waals surface area (Å²) in [6.07, 6.45) is 0. The summed E-state index contributed by atoms with van der Waals surface area (Å²) in [7, 11) is -2.60. The van der Waals surface area contributed by atoms with E-state index in [-0.39, 0.29) is 22.8 Å². The van der Waals surface area contributed by atoms with Crippen LogP contribution in [0.2, 0.25) is 0 Å². The third kappa shape index (κ3) is 4.31. The van der Waals surface area contributed by atoms with Crippen molar-refractivity contribution in [2.24, 2.45) is 5.14 Å². The number of methoxy groups -OCH3 is 1. The number of nitrogens with one attached hydrogen (secondary N) is 1. The van der Waals surface area contributed by atoms with Crippen LogP contribution >= 0.6 is 15.9 Å². The molecule has 0 aromatic heterocycles. The predicted octanol–water partition coefficient (Wildman–Crippen LogP) is 2.17. The molecule has 0 spiro atoms.